The van der Waals surface area contributed by atoms with Crippen molar-refractivity contribution >= 4 is 11.6 Å². The van der Waals surface area contributed by atoms with Gasteiger partial charge in [-0.25, -0.2) is 0 Å². The van der Waals surface area contributed by atoms with Crippen molar-refractivity contribution in [2.45, 2.75) is 12.8 Å². The number of benzene rings is 2. The van der Waals surface area contributed by atoms with Gasteiger partial charge in [0.15, 0.2) is 17.5 Å². The van der Waals surface area contributed by atoms with Crippen molar-refractivity contribution in [1.82, 2.24) is 10.2 Å². The molecular weight excluding hydrogens is 364 g/mol. The van der Waals surface area contributed by atoms with Gasteiger partial charge in [-0.15, -0.1) is 0 Å². The molecular formula is C23H32N4O2. The molecule has 2 aromatic carbocycles. The van der Waals surface area contributed by atoms with E-state index in [1.54, 1.807) is 14.2 Å². The normalized spacial score (nSPS) is 14.7. The Labute approximate surface area is 174 Å². The Kier molecular flexibility index (Phi) is 7.61. The van der Waals surface area contributed by atoms with Gasteiger partial charge in [-0.2, -0.15) is 0 Å². The summed E-state index contributed by atoms with van der Waals surface area (Å²) in [5.41, 5.74) is 2.54. The zero-order valence-electron chi connectivity index (χ0n) is 17.7. The summed E-state index contributed by atoms with van der Waals surface area (Å²) in [6, 6.07) is 16.7. The van der Waals surface area contributed by atoms with E-state index in [2.05, 4.69) is 62.6 Å². The van der Waals surface area contributed by atoms with E-state index in [1.807, 2.05) is 13.1 Å². The van der Waals surface area contributed by atoms with E-state index in [-0.39, 0.29) is 0 Å². The van der Waals surface area contributed by atoms with Gasteiger partial charge in [-0.1, -0.05) is 24.3 Å². The summed E-state index contributed by atoms with van der Waals surface area (Å²) in [7, 11) is 5.19. The van der Waals surface area contributed by atoms with E-state index in [0.717, 1.165) is 63.0 Å². The van der Waals surface area contributed by atoms with Crippen LogP contribution in [0.5, 0.6) is 11.5 Å². The minimum absolute atomic E-state index is 0.768. The third-order valence-corrected chi connectivity index (χ3v) is 5.29. The topological polar surface area (TPSA) is 49.3 Å². The number of guanidine groups is 1. The second-order valence-electron chi connectivity index (χ2n) is 7.08. The van der Waals surface area contributed by atoms with Crippen molar-refractivity contribution in [2.24, 2.45) is 4.99 Å². The maximum atomic E-state index is 5.39. The third-order valence-electron chi connectivity index (χ3n) is 5.29. The van der Waals surface area contributed by atoms with Crippen molar-refractivity contribution in [3.63, 3.8) is 0 Å². The lowest BCUT2D eigenvalue weighted by molar-refractivity contribution is 0.354. The van der Waals surface area contributed by atoms with Crippen LogP contribution >= 0.6 is 0 Å². The zero-order chi connectivity index (χ0) is 20.5. The van der Waals surface area contributed by atoms with Gasteiger partial charge in [0.25, 0.3) is 0 Å². The molecule has 0 atom stereocenters. The van der Waals surface area contributed by atoms with Gasteiger partial charge in [0, 0.05) is 45.5 Å². The number of methoxy groups -OCH3 is 2. The number of rotatable bonds is 7. The Bertz CT molecular complexity index is 787. The average Bonchev–Trinajstić information content (AvgIpc) is 2.79. The van der Waals surface area contributed by atoms with Gasteiger partial charge in [-0.3, -0.25) is 4.99 Å². The van der Waals surface area contributed by atoms with Gasteiger partial charge >= 0.3 is 0 Å². The molecule has 6 heteroatoms. The van der Waals surface area contributed by atoms with Crippen LogP contribution in [0.25, 0.3) is 0 Å². The van der Waals surface area contributed by atoms with E-state index < -0.39 is 0 Å². The molecule has 0 bridgehead atoms. The fourth-order valence-corrected chi connectivity index (χ4v) is 3.68. The lowest BCUT2D eigenvalue weighted by Gasteiger charge is -2.37. The van der Waals surface area contributed by atoms with Crippen LogP contribution in [0.3, 0.4) is 0 Å². The highest BCUT2D eigenvalue weighted by molar-refractivity contribution is 5.80. The Balaban J connectivity index is 1.43. The zero-order valence-corrected chi connectivity index (χ0v) is 17.7. The number of ether oxygens (including phenoxy) is 2. The van der Waals surface area contributed by atoms with Crippen LogP contribution in [-0.2, 0) is 6.42 Å². The van der Waals surface area contributed by atoms with Crippen molar-refractivity contribution < 1.29 is 9.47 Å². The van der Waals surface area contributed by atoms with Crippen molar-refractivity contribution in [3.8, 4) is 11.5 Å². The van der Waals surface area contributed by atoms with Gasteiger partial charge in [0.1, 0.15) is 0 Å². The highest BCUT2D eigenvalue weighted by Crippen LogP contribution is 2.27. The SMILES string of the molecule is CN=C(NCCCc1ccc(OC)c(OC)c1)N1CCN(c2ccccc2)CC1. The minimum Gasteiger partial charge on any atom is -0.493 e. The Morgan fingerprint density at radius 3 is 2.34 bits per heavy atom. The first kappa shape index (κ1) is 20.8. The molecule has 1 fully saturated rings. The number of nitrogens with zero attached hydrogens (tertiary/aromatic N) is 3. The van der Waals surface area contributed by atoms with Crippen molar-refractivity contribution in [3.05, 3.63) is 54.1 Å². The first-order chi connectivity index (χ1) is 14.2. The fraction of sp³-hybridized carbons (Fsp3) is 0.435. The first-order valence-electron chi connectivity index (χ1n) is 10.2. The summed E-state index contributed by atoms with van der Waals surface area (Å²) >= 11 is 0. The van der Waals surface area contributed by atoms with Gasteiger partial charge in [0.2, 0.25) is 0 Å². The molecule has 1 heterocycles. The molecule has 3 rings (SSSR count). The molecule has 0 amide bonds. The van der Waals surface area contributed by atoms with E-state index in [9.17, 15) is 0 Å². The number of aryl methyl sites for hydroxylation is 1. The quantitative estimate of drug-likeness (QED) is 0.443. The smallest absolute Gasteiger partial charge is 0.193 e. The van der Waals surface area contributed by atoms with E-state index >= 15 is 0 Å². The molecule has 0 unspecified atom stereocenters. The lowest BCUT2D eigenvalue weighted by Crippen LogP contribution is -2.52. The molecule has 2 aromatic rings. The summed E-state index contributed by atoms with van der Waals surface area (Å²) in [4.78, 5) is 9.26. The number of aliphatic imine (C=N–C) groups is 1. The van der Waals surface area contributed by atoms with Crippen LogP contribution in [0.4, 0.5) is 5.69 Å². The average molecular weight is 397 g/mol. The fourth-order valence-electron chi connectivity index (χ4n) is 3.68. The van der Waals surface area contributed by atoms with Gasteiger partial charge in [0.05, 0.1) is 14.2 Å². The molecule has 1 aliphatic heterocycles. The second-order valence-corrected chi connectivity index (χ2v) is 7.08. The summed E-state index contributed by atoms with van der Waals surface area (Å²) < 4.78 is 10.7. The Morgan fingerprint density at radius 1 is 0.966 bits per heavy atom. The van der Waals surface area contributed by atoms with Gasteiger partial charge < -0.3 is 24.6 Å². The Hall–Kier alpha value is -2.89. The second kappa shape index (κ2) is 10.6. The van der Waals surface area contributed by atoms with E-state index in [0.29, 0.717) is 0 Å². The number of anilines is 1. The van der Waals surface area contributed by atoms with E-state index in [4.69, 9.17) is 9.47 Å². The van der Waals surface area contributed by atoms with Crippen LogP contribution in [0.15, 0.2) is 53.5 Å². The summed E-state index contributed by atoms with van der Waals surface area (Å²) in [5, 5.41) is 3.52. The van der Waals surface area contributed by atoms with Gasteiger partial charge in [-0.05, 0) is 42.7 Å². The molecule has 6 nitrogen and oxygen atoms in total. The number of hydrogen-bond donors (Lipinski definition) is 1. The van der Waals surface area contributed by atoms with Crippen LogP contribution in [0, 0.1) is 0 Å². The van der Waals surface area contributed by atoms with Crippen LogP contribution in [0.2, 0.25) is 0 Å². The third kappa shape index (κ3) is 5.56. The van der Waals surface area contributed by atoms with Crippen LogP contribution in [0.1, 0.15) is 12.0 Å². The van der Waals surface area contributed by atoms with Crippen molar-refractivity contribution in [1.29, 1.82) is 0 Å². The molecule has 0 aromatic heterocycles. The van der Waals surface area contributed by atoms with Crippen molar-refractivity contribution in [2.75, 3.05) is 58.9 Å². The summed E-state index contributed by atoms with van der Waals surface area (Å²) in [6.45, 7) is 4.86. The molecule has 0 saturated carbocycles. The number of piperazine rings is 1. The number of para-hydroxylation sites is 1. The monoisotopic (exact) mass is 396 g/mol. The molecule has 1 saturated heterocycles. The molecule has 0 aliphatic carbocycles. The molecule has 1 N–H and O–H groups in total. The molecule has 1 aliphatic rings. The predicted octanol–water partition coefficient (Wildman–Crippen LogP) is 3.03. The maximum absolute atomic E-state index is 5.39. The largest absolute Gasteiger partial charge is 0.493 e. The molecule has 0 spiro atoms. The number of nitrogens with one attached hydrogen (secondary N) is 1. The summed E-state index contributed by atoms with van der Waals surface area (Å²) in [5.74, 6) is 2.54. The summed E-state index contributed by atoms with van der Waals surface area (Å²) in [6.07, 6.45) is 2.00. The highest BCUT2D eigenvalue weighted by atomic mass is 16.5. The predicted molar refractivity (Wildman–Crippen MR) is 119 cm³/mol. The minimum atomic E-state index is 0.768. The maximum Gasteiger partial charge on any atom is 0.193 e. The van der Waals surface area contributed by atoms with Crippen LogP contribution in [-0.4, -0.2) is 64.9 Å². The molecule has 156 valence electrons. The van der Waals surface area contributed by atoms with Crippen LogP contribution < -0.4 is 19.7 Å². The highest BCUT2D eigenvalue weighted by Gasteiger charge is 2.19. The standard InChI is InChI=1S/C23H32N4O2/c1-24-23(27-16-14-26(15-17-27)20-9-5-4-6-10-20)25-13-7-8-19-11-12-21(28-2)22(18-19)29-3/h4-6,9-12,18H,7-8,13-17H2,1-3H3,(H,24,25). The first-order valence-corrected chi connectivity index (χ1v) is 10.2. The lowest BCUT2D eigenvalue weighted by atomic mass is 10.1. The Morgan fingerprint density at radius 2 is 1.69 bits per heavy atom. The number of hydrogen-bond acceptors (Lipinski definition) is 4. The molecule has 0 radical (unpaired) electrons. The van der Waals surface area contributed by atoms with E-state index in [1.165, 1.54) is 11.3 Å². The molecule has 29 heavy (non-hydrogen) atoms.